The van der Waals surface area contributed by atoms with Gasteiger partial charge in [0.05, 0.1) is 16.6 Å². The number of aromatic nitrogens is 2. The van der Waals surface area contributed by atoms with Crippen LogP contribution in [0.15, 0.2) is 54.7 Å². The van der Waals surface area contributed by atoms with Gasteiger partial charge in [0.25, 0.3) is 4.92 Å². The second kappa shape index (κ2) is 6.99. The fourth-order valence-corrected chi connectivity index (χ4v) is 2.40. The number of esters is 1. The summed E-state index contributed by atoms with van der Waals surface area (Å²) in [5.41, 5.74) is -0.412. The molecule has 8 nitrogen and oxygen atoms in total. The van der Waals surface area contributed by atoms with Gasteiger partial charge in [0, 0.05) is 11.5 Å². The van der Waals surface area contributed by atoms with E-state index in [9.17, 15) is 14.5 Å². The van der Waals surface area contributed by atoms with Gasteiger partial charge in [0.1, 0.15) is 5.56 Å². The Labute approximate surface area is 154 Å². The van der Waals surface area contributed by atoms with Crippen LogP contribution in [0.25, 0.3) is 10.9 Å². The molecule has 0 aliphatic carbocycles. The molecule has 0 bridgehead atoms. The van der Waals surface area contributed by atoms with Crippen LogP contribution in [0.5, 0.6) is 0 Å². The molecule has 3 rings (SSSR count). The van der Waals surface area contributed by atoms with E-state index in [4.69, 9.17) is 9.57 Å². The topological polar surface area (TPSA) is 90.5 Å². The lowest BCUT2D eigenvalue weighted by atomic mass is 10.2. The van der Waals surface area contributed by atoms with Crippen molar-refractivity contribution in [3.8, 4) is 0 Å². The molecule has 0 amide bonds. The van der Waals surface area contributed by atoms with E-state index in [0.717, 1.165) is 10.1 Å². The Morgan fingerprint density at radius 3 is 2.44 bits per heavy atom. The Kier molecular flexibility index (Phi) is 4.72. The van der Waals surface area contributed by atoms with Gasteiger partial charge >= 0.3 is 17.7 Å². The smallest absolute Gasteiger partial charge is 0.371 e. The number of carbonyl (C=O) groups excluding carboxylic acids is 2. The first-order valence-electron chi connectivity index (χ1n) is 8.21. The van der Waals surface area contributed by atoms with Gasteiger partial charge < -0.3 is 4.74 Å². The highest BCUT2D eigenvalue weighted by molar-refractivity contribution is 6.01. The van der Waals surface area contributed by atoms with Gasteiger partial charge in [-0.25, -0.2) is 14.4 Å². The summed E-state index contributed by atoms with van der Waals surface area (Å²) in [4.78, 5) is 42.5. The highest BCUT2D eigenvalue weighted by Crippen LogP contribution is 2.23. The van der Waals surface area contributed by atoms with Crippen molar-refractivity contribution in [2.24, 2.45) is 0 Å². The van der Waals surface area contributed by atoms with Crippen LogP contribution in [-0.2, 0) is 9.57 Å². The average molecular weight is 368 g/mol. The number of ether oxygens (including phenoxy) is 1. The van der Waals surface area contributed by atoms with Crippen molar-refractivity contribution in [3.63, 3.8) is 0 Å². The molecule has 1 heterocycles. The molecule has 138 valence electrons. The van der Waals surface area contributed by atoms with Gasteiger partial charge in [-0.1, -0.05) is 30.3 Å². The molecule has 0 spiro atoms. The van der Waals surface area contributed by atoms with E-state index in [1.54, 1.807) is 57.2 Å². The summed E-state index contributed by atoms with van der Waals surface area (Å²) in [6, 6.07) is 12.9. The lowest BCUT2D eigenvalue weighted by molar-refractivity contribution is -0.766. The molecular weight excluding hydrogens is 350 g/mol. The van der Waals surface area contributed by atoms with Crippen molar-refractivity contribution >= 4 is 28.7 Å². The third kappa shape index (κ3) is 4.00. The summed E-state index contributed by atoms with van der Waals surface area (Å²) in [7, 11) is 0. The van der Waals surface area contributed by atoms with Crippen LogP contribution >= 0.6 is 0 Å². The zero-order valence-electron chi connectivity index (χ0n) is 15.1. The number of hydrogen-bond donors (Lipinski definition) is 0. The Morgan fingerprint density at radius 1 is 1.04 bits per heavy atom. The van der Waals surface area contributed by atoms with Gasteiger partial charge in [0.15, 0.2) is 5.60 Å². The Balaban J connectivity index is 1.84. The van der Waals surface area contributed by atoms with Crippen LogP contribution in [0.2, 0.25) is 0 Å². The predicted octanol–water partition coefficient (Wildman–Crippen LogP) is 4.00. The maximum Gasteiger partial charge on any atom is 0.443 e. The fourth-order valence-electron chi connectivity index (χ4n) is 2.40. The van der Waals surface area contributed by atoms with E-state index in [-0.39, 0.29) is 16.2 Å². The maximum absolute atomic E-state index is 12.5. The van der Waals surface area contributed by atoms with Gasteiger partial charge in [-0.2, -0.15) is 9.78 Å². The molecule has 8 heteroatoms. The van der Waals surface area contributed by atoms with Crippen molar-refractivity contribution in [2.45, 2.75) is 26.4 Å². The van der Waals surface area contributed by atoms with Gasteiger partial charge in [-0.3, -0.25) is 0 Å². The van der Waals surface area contributed by atoms with Crippen LogP contribution in [0.4, 0.5) is 10.5 Å². The van der Waals surface area contributed by atoms with E-state index in [1.807, 2.05) is 0 Å². The summed E-state index contributed by atoms with van der Waals surface area (Å²) >= 11 is 0. The summed E-state index contributed by atoms with van der Waals surface area (Å²) in [5.74, 6) is -0.978. The average Bonchev–Trinajstić information content (AvgIpc) is 3.04. The van der Waals surface area contributed by atoms with Gasteiger partial charge in [0.2, 0.25) is 0 Å². The fraction of sp³-hybridized carbons (Fsp3) is 0.211. The van der Waals surface area contributed by atoms with Gasteiger partial charge in [-0.15, -0.1) is 0 Å². The molecule has 0 N–H and O–H groups in total. The third-order valence-corrected chi connectivity index (χ3v) is 3.51. The number of fused-ring (bicyclic) bond motifs is 1. The zero-order valence-corrected chi connectivity index (χ0v) is 15.1. The first kappa shape index (κ1) is 18.2. The lowest BCUT2D eigenvalue weighted by Gasteiger charge is -2.11. The minimum absolute atomic E-state index is 0.0597. The molecule has 0 atom stereocenters. The van der Waals surface area contributed by atoms with Crippen molar-refractivity contribution in [1.82, 2.24) is 9.78 Å². The molecule has 0 saturated carbocycles. The first-order valence-corrected chi connectivity index (χ1v) is 8.21. The summed E-state index contributed by atoms with van der Waals surface area (Å²) in [5, 5.41) is 4.67. The normalized spacial score (nSPS) is 11.2. The van der Waals surface area contributed by atoms with Crippen molar-refractivity contribution < 1.29 is 24.1 Å². The number of nitrogens with zero attached hydrogens (tertiary/aromatic N) is 3. The molecule has 3 aromatic rings. The molecule has 0 aliphatic heterocycles. The first-order chi connectivity index (χ1) is 12.8. The van der Waals surface area contributed by atoms with E-state index in [1.165, 1.54) is 18.3 Å². The quantitative estimate of drug-likeness (QED) is 0.394. The number of benzene rings is 2. The van der Waals surface area contributed by atoms with Crippen LogP contribution in [-0.4, -0.2) is 32.4 Å². The summed E-state index contributed by atoms with van der Waals surface area (Å²) in [6.45, 7) is 5.10. The summed E-state index contributed by atoms with van der Waals surface area (Å²) < 4.78 is 5.89. The van der Waals surface area contributed by atoms with Crippen LogP contribution in [0.3, 0.4) is 0 Å². The van der Waals surface area contributed by atoms with Crippen LogP contribution in [0, 0.1) is 4.91 Å². The molecule has 27 heavy (non-hydrogen) atoms. The molecular formula is C19H18N3O5+. The molecule has 0 saturated heterocycles. The Bertz CT molecular complexity index is 1030. The van der Waals surface area contributed by atoms with Crippen molar-refractivity contribution in [1.29, 1.82) is 0 Å². The van der Waals surface area contributed by atoms with E-state index in [0.29, 0.717) is 5.52 Å². The number of para-hydroxylation sites is 2. The minimum Gasteiger partial charge on any atom is -0.371 e. The molecule has 0 fully saturated rings. The van der Waals surface area contributed by atoms with Crippen LogP contribution in [0.1, 0.15) is 31.1 Å². The number of hydrogen-bond acceptors (Lipinski definition) is 6. The molecule has 1 aromatic heterocycles. The highest BCUT2D eigenvalue weighted by Gasteiger charge is 2.32. The second-order valence-electron chi connectivity index (χ2n) is 6.75. The lowest BCUT2D eigenvalue weighted by Crippen LogP contribution is -2.25. The highest BCUT2D eigenvalue weighted by atomic mass is 16.8. The monoisotopic (exact) mass is 368 g/mol. The van der Waals surface area contributed by atoms with E-state index >= 15 is 0 Å². The standard InChI is InChI=1S/C19H18N3O5/c1-19(2,3)27-22(25)16-11-7-5-9-14(16)17(23)26-18(24)21-15-10-6-4-8-13(15)12-20-21/h4-12H,1-3H3/q+1. The largest absolute Gasteiger partial charge is 0.443 e. The minimum atomic E-state index is -0.978. The summed E-state index contributed by atoms with van der Waals surface area (Å²) in [6.07, 6.45) is 0.524. The molecule has 2 aromatic carbocycles. The van der Waals surface area contributed by atoms with Crippen LogP contribution < -0.4 is 0 Å². The molecule has 0 unspecified atom stereocenters. The Hall–Kier alpha value is -3.55. The van der Waals surface area contributed by atoms with Gasteiger partial charge in [-0.05, 0) is 32.9 Å². The third-order valence-electron chi connectivity index (χ3n) is 3.51. The van der Waals surface area contributed by atoms with E-state index in [2.05, 4.69) is 5.10 Å². The molecule has 0 aliphatic rings. The maximum atomic E-state index is 12.5. The zero-order chi connectivity index (χ0) is 19.6. The van der Waals surface area contributed by atoms with Crippen molar-refractivity contribution in [3.05, 3.63) is 65.2 Å². The number of rotatable bonds is 3. The second-order valence-corrected chi connectivity index (χ2v) is 6.75. The predicted molar refractivity (Wildman–Crippen MR) is 96.5 cm³/mol. The van der Waals surface area contributed by atoms with E-state index < -0.39 is 17.7 Å². The van der Waals surface area contributed by atoms with Crippen molar-refractivity contribution in [2.75, 3.05) is 0 Å². The number of carbonyl (C=O) groups is 2. The Morgan fingerprint density at radius 2 is 1.70 bits per heavy atom. The SMILES string of the molecule is CC(C)(C)O[N+](=O)c1ccccc1C(=O)OC(=O)n1ncc2ccccc21. The molecule has 0 radical (unpaired) electrons.